The first-order valence-electron chi connectivity index (χ1n) is 4.88. The van der Waals surface area contributed by atoms with E-state index in [1.807, 2.05) is 0 Å². The molecule has 1 aliphatic rings. The van der Waals surface area contributed by atoms with Gasteiger partial charge < -0.3 is 4.74 Å². The van der Waals surface area contributed by atoms with E-state index in [-0.39, 0.29) is 11.6 Å². The number of rotatable bonds is 3. The fraction of sp³-hybridized carbons (Fsp3) is 0.889. The molecule has 0 bridgehead atoms. The molecule has 2 nitrogen and oxygen atoms in total. The Morgan fingerprint density at radius 1 is 1.50 bits per heavy atom. The summed E-state index contributed by atoms with van der Waals surface area (Å²) in [5, 5.41) is 0. The van der Waals surface area contributed by atoms with Crippen LogP contribution in [0, 0.1) is 0 Å². The highest BCUT2D eigenvalue weighted by atomic mass is 28.1. The van der Waals surface area contributed by atoms with Gasteiger partial charge in [0.05, 0.1) is 0 Å². The van der Waals surface area contributed by atoms with Crippen molar-refractivity contribution in [2.45, 2.75) is 50.7 Å². The third kappa shape index (κ3) is 2.63. The molecule has 1 saturated carbocycles. The summed E-state index contributed by atoms with van der Waals surface area (Å²) in [6.45, 7) is 2.06. The van der Waals surface area contributed by atoms with E-state index in [2.05, 4.69) is 6.92 Å². The quantitative estimate of drug-likeness (QED) is 0.486. The van der Waals surface area contributed by atoms with Crippen LogP contribution in [0.15, 0.2) is 0 Å². The molecule has 3 heteroatoms. The number of ether oxygens (including phenoxy) is 1. The standard InChI is InChI=1S/C9H18O2Si/c1-9(5-2-3-6-9)11-8(10)4-7-12/h2-7H2,1,12H3. The van der Waals surface area contributed by atoms with Gasteiger partial charge in [-0.05, 0) is 32.6 Å². The molecule has 1 rings (SSSR count). The molecule has 0 aromatic carbocycles. The summed E-state index contributed by atoms with van der Waals surface area (Å²) in [4.78, 5) is 11.2. The highest BCUT2D eigenvalue weighted by Crippen LogP contribution is 2.32. The largest absolute Gasteiger partial charge is 0.459 e. The molecule has 0 atom stereocenters. The minimum Gasteiger partial charge on any atom is -0.459 e. The molecule has 70 valence electrons. The van der Waals surface area contributed by atoms with E-state index in [1.54, 1.807) is 0 Å². The van der Waals surface area contributed by atoms with Crippen LogP contribution in [0.1, 0.15) is 39.0 Å². The molecule has 0 heterocycles. The van der Waals surface area contributed by atoms with Gasteiger partial charge in [-0.15, -0.1) is 0 Å². The van der Waals surface area contributed by atoms with E-state index < -0.39 is 0 Å². The van der Waals surface area contributed by atoms with Gasteiger partial charge in [-0.25, -0.2) is 0 Å². The van der Waals surface area contributed by atoms with Crippen LogP contribution < -0.4 is 0 Å². The lowest BCUT2D eigenvalue weighted by Gasteiger charge is -2.23. The molecule has 0 spiro atoms. The Morgan fingerprint density at radius 3 is 2.58 bits per heavy atom. The molecule has 0 radical (unpaired) electrons. The van der Waals surface area contributed by atoms with Crippen molar-refractivity contribution in [3.8, 4) is 0 Å². The zero-order valence-corrected chi connectivity index (χ0v) is 10.1. The number of carbonyl (C=O) groups excluding carboxylic acids is 1. The lowest BCUT2D eigenvalue weighted by molar-refractivity contribution is -0.157. The predicted octanol–water partition coefficient (Wildman–Crippen LogP) is 1.04. The highest BCUT2D eigenvalue weighted by Gasteiger charge is 2.31. The van der Waals surface area contributed by atoms with Gasteiger partial charge in [-0.1, -0.05) is 6.04 Å². The number of esters is 1. The van der Waals surface area contributed by atoms with Gasteiger partial charge >= 0.3 is 5.97 Å². The fourth-order valence-electron chi connectivity index (χ4n) is 1.75. The van der Waals surface area contributed by atoms with Crippen LogP contribution in [0.25, 0.3) is 0 Å². The van der Waals surface area contributed by atoms with Crippen molar-refractivity contribution in [2.75, 3.05) is 0 Å². The van der Waals surface area contributed by atoms with Gasteiger partial charge in [-0.3, -0.25) is 4.79 Å². The van der Waals surface area contributed by atoms with Crippen LogP contribution in [-0.2, 0) is 9.53 Å². The first kappa shape index (κ1) is 9.77. The van der Waals surface area contributed by atoms with Crippen LogP contribution in [0.2, 0.25) is 6.04 Å². The van der Waals surface area contributed by atoms with E-state index in [4.69, 9.17) is 4.74 Å². The molecule has 0 amide bonds. The highest BCUT2D eigenvalue weighted by molar-refractivity contribution is 6.09. The smallest absolute Gasteiger partial charge is 0.306 e. The minimum atomic E-state index is -0.117. The molecule has 12 heavy (non-hydrogen) atoms. The van der Waals surface area contributed by atoms with Crippen LogP contribution in [-0.4, -0.2) is 21.8 Å². The Bertz CT molecular complexity index is 162. The molecule has 0 unspecified atom stereocenters. The van der Waals surface area contributed by atoms with Crippen LogP contribution in [0.4, 0.5) is 0 Å². The molecule has 0 saturated heterocycles. The Balaban J connectivity index is 2.33. The van der Waals surface area contributed by atoms with E-state index in [9.17, 15) is 4.79 Å². The van der Waals surface area contributed by atoms with Crippen LogP contribution >= 0.6 is 0 Å². The summed E-state index contributed by atoms with van der Waals surface area (Å²) < 4.78 is 5.42. The Morgan fingerprint density at radius 2 is 2.08 bits per heavy atom. The molecule has 0 aromatic rings. The molecular weight excluding hydrogens is 168 g/mol. The maximum atomic E-state index is 11.2. The molecule has 0 aliphatic heterocycles. The monoisotopic (exact) mass is 186 g/mol. The average Bonchev–Trinajstić information content (AvgIpc) is 2.36. The second kappa shape index (κ2) is 4.08. The van der Waals surface area contributed by atoms with Gasteiger partial charge in [0.15, 0.2) is 0 Å². The Hall–Kier alpha value is -0.313. The van der Waals surface area contributed by atoms with E-state index in [0.29, 0.717) is 6.42 Å². The Kier molecular flexibility index (Phi) is 3.32. The van der Waals surface area contributed by atoms with E-state index >= 15 is 0 Å². The molecule has 1 aliphatic carbocycles. The summed E-state index contributed by atoms with van der Waals surface area (Å²) in [6, 6.07) is 1.02. The zero-order chi connectivity index (χ0) is 9.03. The van der Waals surface area contributed by atoms with Crippen molar-refractivity contribution in [1.82, 2.24) is 0 Å². The predicted molar refractivity (Wildman–Crippen MR) is 52.3 cm³/mol. The van der Waals surface area contributed by atoms with Crippen molar-refractivity contribution < 1.29 is 9.53 Å². The van der Waals surface area contributed by atoms with Gasteiger partial charge in [-0.2, -0.15) is 0 Å². The van der Waals surface area contributed by atoms with Gasteiger partial charge in [0.1, 0.15) is 5.60 Å². The van der Waals surface area contributed by atoms with Gasteiger partial charge in [0.2, 0.25) is 0 Å². The topological polar surface area (TPSA) is 26.3 Å². The second-order valence-electron chi connectivity index (χ2n) is 3.88. The first-order valence-corrected chi connectivity index (χ1v) is 6.29. The fourth-order valence-corrected chi connectivity index (χ4v) is 2.16. The molecular formula is C9H18O2Si. The minimum absolute atomic E-state index is 0.00870. The van der Waals surface area contributed by atoms with Gasteiger partial charge in [0, 0.05) is 16.7 Å². The lowest BCUT2D eigenvalue weighted by atomic mass is 10.1. The van der Waals surface area contributed by atoms with Crippen molar-refractivity contribution in [1.29, 1.82) is 0 Å². The second-order valence-corrected chi connectivity index (χ2v) is 4.88. The third-order valence-electron chi connectivity index (χ3n) is 2.48. The number of hydrogen-bond donors (Lipinski definition) is 0. The van der Waals surface area contributed by atoms with Crippen molar-refractivity contribution >= 4 is 16.2 Å². The first-order chi connectivity index (χ1) is 5.66. The number of carbonyl (C=O) groups is 1. The normalized spacial score (nSPS) is 21.1. The summed E-state index contributed by atoms with van der Waals surface area (Å²) in [7, 11) is 1.10. The molecule has 0 N–H and O–H groups in total. The summed E-state index contributed by atoms with van der Waals surface area (Å²) in [5.74, 6) is 0.00870. The maximum absolute atomic E-state index is 11.2. The summed E-state index contributed by atoms with van der Waals surface area (Å²) >= 11 is 0. The van der Waals surface area contributed by atoms with E-state index in [0.717, 1.165) is 29.1 Å². The Labute approximate surface area is 77.1 Å². The summed E-state index contributed by atoms with van der Waals surface area (Å²) in [5.41, 5.74) is -0.117. The summed E-state index contributed by atoms with van der Waals surface area (Å²) in [6.07, 6.45) is 5.16. The average molecular weight is 186 g/mol. The lowest BCUT2D eigenvalue weighted by Crippen LogP contribution is -2.27. The number of hydrogen-bond acceptors (Lipinski definition) is 2. The SMILES string of the molecule is CC1(OC(=O)CC[SiH3])CCCC1. The van der Waals surface area contributed by atoms with Crippen molar-refractivity contribution in [3.05, 3.63) is 0 Å². The van der Waals surface area contributed by atoms with Crippen LogP contribution in [0.3, 0.4) is 0 Å². The maximum Gasteiger partial charge on any atom is 0.306 e. The van der Waals surface area contributed by atoms with Gasteiger partial charge in [0.25, 0.3) is 0 Å². The van der Waals surface area contributed by atoms with Crippen LogP contribution in [0.5, 0.6) is 0 Å². The zero-order valence-electron chi connectivity index (χ0n) is 8.06. The molecule has 1 fully saturated rings. The van der Waals surface area contributed by atoms with Crippen molar-refractivity contribution in [2.24, 2.45) is 0 Å². The van der Waals surface area contributed by atoms with E-state index in [1.165, 1.54) is 12.8 Å². The molecule has 0 aromatic heterocycles. The third-order valence-corrected chi connectivity index (χ3v) is 2.98. The van der Waals surface area contributed by atoms with Crippen molar-refractivity contribution in [3.63, 3.8) is 0 Å².